The molecule has 0 heterocycles. The molecule has 2 rings (SSSR count). The van der Waals surface area contributed by atoms with E-state index in [4.69, 9.17) is 14.2 Å². The highest BCUT2D eigenvalue weighted by Gasteiger charge is 2.19. The first-order valence-corrected chi connectivity index (χ1v) is 8.39. The van der Waals surface area contributed by atoms with Crippen LogP contribution in [-0.2, 0) is 16.0 Å². The van der Waals surface area contributed by atoms with Gasteiger partial charge in [0, 0.05) is 6.54 Å². The van der Waals surface area contributed by atoms with Crippen LogP contribution in [0.15, 0.2) is 42.5 Å². The summed E-state index contributed by atoms with van der Waals surface area (Å²) in [4.78, 5) is 24.1. The number of nitrogens with one attached hydrogen (secondary N) is 1. The number of methoxy groups -OCH3 is 2. The molecule has 0 aliphatic rings. The molecule has 0 unspecified atom stereocenters. The van der Waals surface area contributed by atoms with E-state index in [1.54, 1.807) is 7.11 Å². The normalized spacial score (nSPS) is 11.4. The summed E-state index contributed by atoms with van der Waals surface area (Å²) in [5.41, 5.74) is 1.04. The van der Waals surface area contributed by atoms with E-state index in [9.17, 15) is 14.0 Å². The molecule has 0 saturated heterocycles. The Balaban J connectivity index is 1.82. The zero-order chi connectivity index (χ0) is 19.8. The van der Waals surface area contributed by atoms with Crippen LogP contribution in [0.5, 0.6) is 11.5 Å². The number of carbonyl (C=O) groups excluding carboxylic acids is 2. The van der Waals surface area contributed by atoms with Crippen molar-refractivity contribution in [3.05, 3.63) is 59.4 Å². The Morgan fingerprint density at radius 2 is 1.78 bits per heavy atom. The van der Waals surface area contributed by atoms with Crippen LogP contribution >= 0.6 is 0 Å². The molecular formula is C20H22FNO5. The summed E-state index contributed by atoms with van der Waals surface area (Å²) < 4.78 is 28.6. The summed E-state index contributed by atoms with van der Waals surface area (Å²) in [6, 6.07) is 11.2. The van der Waals surface area contributed by atoms with Gasteiger partial charge in [0.2, 0.25) is 0 Å². The van der Waals surface area contributed by atoms with Crippen LogP contribution in [0.2, 0.25) is 0 Å². The van der Waals surface area contributed by atoms with Gasteiger partial charge in [-0.25, -0.2) is 9.18 Å². The zero-order valence-corrected chi connectivity index (χ0v) is 15.5. The van der Waals surface area contributed by atoms with Gasteiger partial charge in [-0.3, -0.25) is 4.79 Å². The molecule has 144 valence electrons. The van der Waals surface area contributed by atoms with Gasteiger partial charge in [0.25, 0.3) is 5.91 Å². The minimum absolute atomic E-state index is 0.00572. The van der Waals surface area contributed by atoms with Gasteiger partial charge in [-0.05, 0) is 49.2 Å². The Morgan fingerprint density at radius 1 is 1.07 bits per heavy atom. The number of hydrogen-bond donors (Lipinski definition) is 1. The number of hydrogen-bond acceptors (Lipinski definition) is 5. The van der Waals surface area contributed by atoms with Crippen molar-refractivity contribution in [1.29, 1.82) is 0 Å². The number of carbonyl (C=O) groups is 2. The molecule has 0 aliphatic heterocycles. The van der Waals surface area contributed by atoms with Crippen molar-refractivity contribution in [2.75, 3.05) is 20.8 Å². The third-order valence-corrected chi connectivity index (χ3v) is 3.91. The van der Waals surface area contributed by atoms with E-state index in [1.165, 1.54) is 26.2 Å². The third kappa shape index (κ3) is 5.70. The maximum Gasteiger partial charge on any atom is 0.339 e. The fourth-order valence-electron chi connectivity index (χ4n) is 2.34. The quantitative estimate of drug-likeness (QED) is 0.718. The SMILES string of the molecule is COc1ccc(CCNC(=O)[C@@H](C)OC(=O)c2ccc(OC)c(F)c2)cc1. The lowest BCUT2D eigenvalue weighted by molar-refractivity contribution is -0.129. The molecule has 6 nitrogen and oxygen atoms in total. The fourth-order valence-corrected chi connectivity index (χ4v) is 2.34. The first-order valence-electron chi connectivity index (χ1n) is 8.39. The van der Waals surface area contributed by atoms with Gasteiger partial charge in [0.15, 0.2) is 17.7 Å². The summed E-state index contributed by atoms with van der Waals surface area (Å²) >= 11 is 0. The number of rotatable bonds is 8. The molecule has 27 heavy (non-hydrogen) atoms. The van der Waals surface area contributed by atoms with Crippen molar-refractivity contribution < 1.29 is 28.2 Å². The Hall–Kier alpha value is -3.09. The van der Waals surface area contributed by atoms with Gasteiger partial charge in [0.05, 0.1) is 19.8 Å². The van der Waals surface area contributed by atoms with Crippen molar-refractivity contribution in [3.63, 3.8) is 0 Å². The lowest BCUT2D eigenvalue weighted by Crippen LogP contribution is -2.36. The molecule has 1 N–H and O–H groups in total. The molecule has 0 spiro atoms. The van der Waals surface area contributed by atoms with Crippen molar-refractivity contribution in [2.24, 2.45) is 0 Å². The van der Waals surface area contributed by atoms with Crippen molar-refractivity contribution in [2.45, 2.75) is 19.4 Å². The molecule has 1 atom stereocenters. The number of amides is 1. The van der Waals surface area contributed by atoms with Crippen molar-refractivity contribution in [1.82, 2.24) is 5.32 Å². The van der Waals surface area contributed by atoms with Crippen LogP contribution < -0.4 is 14.8 Å². The first kappa shape index (κ1) is 20.2. The van der Waals surface area contributed by atoms with Crippen LogP contribution in [0.4, 0.5) is 4.39 Å². The highest BCUT2D eigenvalue weighted by Crippen LogP contribution is 2.18. The number of halogens is 1. The maximum atomic E-state index is 13.7. The molecule has 0 aromatic heterocycles. The molecule has 0 fully saturated rings. The third-order valence-electron chi connectivity index (χ3n) is 3.91. The minimum Gasteiger partial charge on any atom is -0.497 e. The second-order valence-corrected chi connectivity index (χ2v) is 5.79. The lowest BCUT2D eigenvalue weighted by Gasteiger charge is -2.14. The average Bonchev–Trinajstić information content (AvgIpc) is 2.68. The monoisotopic (exact) mass is 375 g/mol. The first-order chi connectivity index (χ1) is 12.9. The summed E-state index contributed by atoms with van der Waals surface area (Å²) in [5.74, 6) is -1.10. The van der Waals surface area contributed by atoms with Gasteiger partial charge in [-0.1, -0.05) is 12.1 Å². The van der Waals surface area contributed by atoms with E-state index in [0.29, 0.717) is 13.0 Å². The second-order valence-electron chi connectivity index (χ2n) is 5.79. The predicted octanol–water partition coefficient (Wildman–Crippen LogP) is 2.75. The Kier molecular flexibility index (Phi) is 7.16. The summed E-state index contributed by atoms with van der Waals surface area (Å²) in [5, 5.41) is 2.70. The number of ether oxygens (including phenoxy) is 3. The second kappa shape index (κ2) is 9.56. The van der Waals surface area contributed by atoms with Crippen molar-refractivity contribution in [3.8, 4) is 11.5 Å². The average molecular weight is 375 g/mol. The summed E-state index contributed by atoms with van der Waals surface area (Å²) in [6.07, 6.45) is -0.376. The van der Waals surface area contributed by atoms with Crippen LogP contribution in [0, 0.1) is 5.82 Å². The molecule has 1 amide bonds. The molecule has 0 aliphatic carbocycles. The van der Waals surface area contributed by atoms with E-state index >= 15 is 0 Å². The molecular weight excluding hydrogens is 353 g/mol. The van der Waals surface area contributed by atoms with Gasteiger partial charge in [-0.15, -0.1) is 0 Å². The summed E-state index contributed by atoms with van der Waals surface area (Å²) in [7, 11) is 2.92. The fraction of sp³-hybridized carbons (Fsp3) is 0.300. The standard InChI is InChI=1S/C20H22FNO5/c1-13(27-20(24)15-6-9-18(26-3)17(21)12-15)19(23)22-11-10-14-4-7-16(25-2)8-5-14/h4-9,12-13H,10-11H2,1-3H3,(H,22,23)/t13-/m1/s1. The topological polar surface area (TPSA) is 73.9 Å². The van der Waals surface area contributed by atoms with Crippen LogP contribution in [0.3, 0.4) is 0 Å². The van der Waals surface area contributed by atoms with Gasteiger partial charge >= 0.3 is 5.97 Å². The van der Waals surface area contributed by atoms with Crippen LogP contribution in [0.1, 0.15) is 22.8 Å². The van der Waals surface area contributed by atoms with Gasteiger partial charge < -0.3 is 19.5 Å². The number of benzene rings is 2. The smallest absolute Gasteiger partial charge is 0.339 e. The molecule has 7 heteroatoms. The molecule has 0 saturated carbocycles. The maximum absolute atomic E-state index is 13.7. The van der Waals surface area contributed by atoms with E-state index in [2.05, 4.69) is 5.32 Å². The molecule has 2 aromatic carbocycles. The lowest BCUT2D eigenvalue weighted by atomic mass is 10.1. The van der Waals surface area contributed by atoms with Crippen molar-refractivity contribution >= 4 is 11.9 Å². The Bertz CT molecular complexity index is 791. The van der Waals surface area contributed by atoms with Gasteiger partial charge in [0.1, 0.15) is 5.75 Å². The summed E-state index contributed by atoms with van der Waals surface area (Å²) in [6.45, 7) is 1.85. The molecule has 2 aromatic rings. The highest BCUT2D eigenvalue weighted by molar-refractivity contribution is 5.92. The highest BCUT2D eigenvalue weighted by atomic mass is 19.1. The largest absolute Gasteiger partial charge is 0.497 e. The molecule has 0 bridgehead atoms. The Morgan fingerprint density at radius 3 is 2.37 bits per heavy atom. The van der Waals surface area contributed by atoms with E-state index in [-0.39, 0.29) is 11.3 Å². The minimum atomic E-state index is -1.00. The van der Waals surface area contributed by atoms with Gasteiger partial charge in [-0.2, -0.15) is 0 Å². The molecule has 0 radical (unpaired) electrons. The predicted molar refractivity (Wildman–Crippen MR) is 97.5 cm³/mol. The number of esters is 1. The Labute approximate surface area is 157 Å². The van der Waals surface area contributed by atoms with E-state index < -0.39 is 23.8 Å². The van der Waals surface area contributed by atoms with E-state index in [1.807, 2.05) is 24.3 Å². The zero-order valence-electron chi connectivity index (χ0n) is 15.5. The van der Waals surface area contributed by atoms with E-state index in [0.717, 1.165) is 17.4 Å². The van der Waals surface area contributed by atoms with Crippen LogP contribution in [0.25, 0.3) is 0 Å². The van der Waals surface area contributed by atoms with Crippen LogP contribution in [-0.4, -0.2) is 38.7 Å².